The zero-order valence-electron chi connectivity index (χ0n) is 10.8. The molecule has 2 N–H and O–H groups in total. The maximum Gasteiger partial charge on any atom is 0.251 e. The van der Waals surface area contributed by atoms with Crippen LogP contribution in [0.4, 0.5) is 4.39 Å². The summed E-state index contributed by atoms with van der Waals surface area (Å²) in [4.78, 5) is 19.2. The van der Waals surface area contributed by atoms with Crippen molar-refractivity contribution in [3.63, 3.8) is 0 Å². The summed E-state index contributed by atoms with van der Waals surface area (Å²) in [5.74, 6) is 0.214. The lowest BCUT2D eigenvalue weighted by Crippen LogP contribution is -2.17. The summed E-state index contributed by atoms with van der Waals surface area (Å²) >= 11 is 0. The Morgan fingerprint density at radius 1 is 1.20 bits per heavy atom. The molecule has 3 rings (SSSR count). The Bertz CT molecular complexity index is 777. The van der Waals surface area contributed by atoms with E-state index in [1.165, 1.54) is 12.1 Å². The molecule has 0 bridgehead atoms. The minimum absolute atomic E-state index is 0.148. The van der Waals surface area contributed by atoms with Gasteiger partial charge in [0.2, 0.25) is 0 Å². The Balaban J connectivity index is 2.06. The summed E-state index contributed by atoms with van der Waals surface area (Å²) in [6, 6.07) is 11.3. The molecule has 1 heterocycles. The van der Waals surface area contributed by atoms with E-state index in [4.69, 9.17) is 0 Å². The van der Waals surface area contributed by atoms with Gasteiger partial charge in [0.25, 0.3) is 5.91 Å². The van der Waals surface area contributed by atoms with Crippen LogP contribution in [0.3, 0.4) is 0 Å². The van der Waals surface area contributed by atoms with Crippen molar-refractivity contribution in [2.24, 2.45) is 0 Å². The number of nitrogens with zero attached hydrogens (tertiary/aromatic N) is 1. The molecular weight excluding hydrogens is 257 g/mol. The number of halogens is 1. The van der Waals surface area contributed by atoms with Crippen molar-refractivity contribution in [3.05, 3.63) is 53.8 Å². The molecular formula is C15H12FN3O. The number of hydrogen-bond donors (Lipinski definition) is 2. The summed E-state index contributed by atoms with van der Waals surface area (Å²) in [7, 11) is 1.59. The van der Waals surface area contributed by atoms with Crippen molar-refractivity contribution in [2.45, 2.75) is 0 Å². The first-order chi connectivity index (χ1) is 9.67. The van der Waals surface area contributed by atoms with Crippen molar-refractivity contribution >= 4 is 16.9 Å². The first kappa shape index (κ1) is 12.3. The van der Waals surface area contributed by atoms with Gasteiger partial charge in [-0.25, -0.2) is 9.37 Å². The van der Waals surface area contributed by atoms with E-state index in [0.29, 0.717) is 11.4 Å². The third-order valence-electron chi connectivity index (χ3n) is 3.09. The Morgan fingerprint density at radius 2 is 1.95 bits per heavy atom. The number of aromatic nitrogens is 2. The van der Waals surface area contributed by atoms with Crippen molar-refractivity contribution in [3.8, 4) is 11.4 Å². The van der Waals surface area contributed by atoms with Crippen molar-refractivity contribution < 1.29 is 9.18 Å². The fourth-order valence-corrected chi connectivity index (χ4v) is 2.04. The predicted molar refractivity (Wildman–Crippen MR) is 74.9 cm³/mol. The molecule has 5 heteroatoms. The number of hydrogen-bond acceptors (Lipinski definition) is 2. The van der Waals surface area contributed by atoms with Gasteiger partial charge in [-0.1, -0.05) is 0 Å². The quantitative estimate of drug-likeness (QED) is 0.751. The Hall–Kier alpha value is -2.69. The highest BCUT2D eigenvalue weighted by Crippen LogP contribution is 2.21. The zero-order chi connectivity index (χ0) is 14.1. The second-order valence-corrected chi connectivity index (χ2v) is 4.40. The van der Waals surface area contributed by atoms with Crippen molar-refractivity contribution in [2.75, 3.05) is 7.05 Å². The number of benzene rings is 2. The highest BCUT2D eigenvalue weighted by atomic mass is 19.1. The molecule has 2 aromatic carbocycles. The lowest BCUT2D eigenvalue weighted by molar-refractivity contribution is 0.0963. The van der Waals surface area contributed by atoms with E-state index < -0.39 is 0 Å². The van der Waals surface area contributed by atoms with Gasteiger partial charge >= 0.3 is 0 Å². The number of imidazole rings is 1. The number of H-pyrrole nitrogens is 1. The van der Waals surface area contributed by atoms with Crippen LogP contribution < -0.4 is 5.32 Å². The third-order valence-corrected chi connectivity index (χ3v) is 3.09. The van der Waals surface area contributed by atoms with E-state index in [-0.39, 0.29) is 11.7 Å². The normalized spacial score (nSPS) is 10.7. The minimum atomic E-state index is -0.285. The number of fused-ring (bicyclic) bond motifs is 1. The van der Waals surface area contributed by atoms with Crippen LogP contribution >= 0.6 is 0 Å². The van der Waals surface area contributed by atoms with Crippen LogP contribution in [0.2, 0.25) is 0 Å². The fraction of sp³-hybridized carbons (Fsp3) is 0.0667. The Morgan fingerprint density at radius 3 is 2.65 bits per heavy atom. The zero-order valence-corrected chi connectivity index (χ0v) is 10.8. The summed E-state index contributed by atoms with van der Waals surface area (Å²) in [5, 5.41) is 2.58. The first-order valence-electron chi connectivity index (χ1n) is 6.15. The number of carbonyl (C=O) groups is 1. The molecule has 1 amide bonds. The van der Waals surface area contributed by atoms with Crippen LogP contribution in [0.15, 0.2) is 42.5 Å². The molecule has 0 radical (unpaired) electrons. The lowest BCUT2D eigenvalue weighted by atomic mass is 10.2. The van der Waals surface area contributed by atoms with Crippen LogP contribution in [0.5, 0.6) is 0 Å². The molecule has 0 unspecified atom stereocenters. The average Bonchev–Trinajstić information content (AvgIpc) is 2.90. The topological polar surface area (TPSA) is 57.8 Å². The van der Waals surface area contributed by atoms with E-state index in [0.717, 1.165) is 16.6 Å². The summed E-state index contributed by atoms with van der Waals surface area (Å²) in [6.07, 6.45) is 0. The van der Waals surface area contributed by atoms with Crippen LogP contribution in [-0.4, -0.2) is 22.9 Å². The molecule has 0 aliphatic rings. The second kappa shape index (κ2) is 4.77. The molecule has 0 atom stereocenters. The van der Waals surface area contributed by atoms with Crippen LogP contribution in [-0.2, 0) is 0 Å². The summed E-state index contributed by atoms with van der Waals surface area (Å²) in [5.41, 5.74) is 2.89. The van der Waals surface area contributed by atoms with Gasteiger partial charge in [0, 0.05) is 18.2 Å². The van der Waals surface area contributed by atoms with Gasteiger partial charge in [0.1, 0.15) is 11.6 Å². The molecule has 20 heavy (non-hydrogen) atoms. The molecule has 1 aromatic heterocycles. The molecule has 100 valence electrons. The van der Waals surface area contributed by atoms with Crippen molar-refractivity contribution in [1.82, 2.24) is 15.3 Å². The summed E-state index contributed by atoms with van der Waals surface area (Å²) < 4.78 is 12.9. The van der Waals surface area contributed by atoms with E-state index in [1.54, 1.807) is 37.4 Å². The number of amides is 1. The van der Waals surface area contributed by atoms with Gasteiger partial charge < -0.3 is 10.3 Å². The number of carbonyl (C=O) groups excluding carboxylic acids is 1. The van der Waals surface area contributed by atoms with Gasteiger partial charge in [0.15, 0.2) is 0 Å². The average molecular weight is 269 g/mol. The number of aromatic amines is 1. The van der Waals surface area contributed by atoms with Gasteiger partial charge in [-0.15, -0.1) is 0 Å². The molecule has 0 spiro atoms. The van der Waals surface area contributed by atoms with Gasteiger partial charge in [0.05, 0.1) is 11.0 Å². The standard InChI is InChI=1S/C15H12FN3O/c1-17-15(20)10-4-7-12-13(8-10)19-14(18-12)9-2-5-11(16)6-3-9/h2-8H,1H3,(H,17,20)(H,18,19). The van der Waals surface area contributed by atoms with Crippen LogP contribution in [0.1, 0.15) is 10.4 Å². The van der Waals surface area contributed by atoms with Gasteiger partial charge in [-0.05, 0) is 42.5 Å². The SMILES string of the molecule is CNC(=O)c1ccc2nc(-c3ccc(F)cc3)[nH]c2c1. The minimum Gasteiger partial charge on any atom is -0.355 e. The lowest BCUT2D eigenvalue weighted by Gasteiger charge is -1.98. The predicted octanol–water partition coefficient (Wildman–Crippen LogP) is 2.73. The Labute approximate surface area is 114 Å². The van der Waals surface area contributed by atoms with Gasteiger partial charge in [-0.2, -0.15) is 0 Å². The molecule has 0 aliphatic carbocycles. The maximum atomic E-state index is 12.9. The molecule has 0 fully saturated rings. The van der Waals surface area contributed by atoms with Crippen LogP contribution in [0.25, 0.3) is 22.4 Å². The highest BCUT2D eigenvalue weighted by Gasteiger charge is 2.08. The van der Waals surface area contributed by atoms with E-state index >= 15 is 0 Å². The molecule has 4 nitrogen and oxygen atoms in total. The maximum absolute atomic E-state index is 12.9. The number of nitrogens with one attached hydrogen (secondary N) is 2. The summed E-state index contributed by atoms with van der Waals surface area (Å²) in [6.45, 7) is 0. The highest BCUT2D eigenvalue weighted by molar-refractivity contribution is 5.97. The van der Waals surface area contributed by atoms with E-state index in [1.807, 2.05) is 0 Å². The van der Waals surface area contributed by atoms with Crippen LogP contribution in [0, 0.1) is 5.82 Å². The van der Waals surface area contributed by atoms with E-state index in [9.17, 15) is 9.18 Å². The Kier molecular flexibility index (Phi) is 2.95. The number of rotatable bonds is 2. The smallest absolute Gasteiger partial charge is 0.251 e. The molecule has 0 saturated heterocycles. The first-order valence-corrected chi connectivity index (χ1v) is 6.15. The second-order valence-electron chi connectivity index (χ2n) is 4.40. The monoisotopic (exact) mass is 269 g/mol. The van der Waals surface area contributed by atoms with Gasteiger partial charge in [-0.3, -0.25) is 4.79 Å². The van der Waals surface area contributed by atoms with E-state index in [2.05, 4.69) is 15.3 Å². The fourth-order valence-electron chi connectivity index (χ4n) is 2.04. The molecule has 0 saturated carbocycles. The molecule has 0 aliphatic heterocycles. The third kappa shape index (κ3) is 2.14. The van der Waals surface area contributed by atoms with Crippen molar-refractivity contribution in [1.29, 1.82) is 0 Å². The molecule has 3 aromatic rings. The largest absolute Gasteiger partial charge is 0.355 e.